The summed E-state index contributed by atoms with van der Waals surface area (Å²) in [6.45, 7) is 9.00. The predicted molar refractivity (Wildman–Crippen MR) is 114 cm³/mol. The Morgan fingerprint density at radius 1 is 1.11 bits per heavy atom. The topological polar surface area (TPSA) is 74.9 Å². The molecule has 2 aromatic heterocycles. The summed E-state index contributed by atoms with van der Waals surface area (Å²) in [6.07, 6.45) is 5.87. The fraction of sp³-hybridized carbons (Fsp3) is 0.455. The zero-order valence-corrected chi connectivity index (χ0v) is 17.3. The molecule has 3 heterocycles. The number of H-pyrrole nitrogens is 1. The van der Waals surface area contributed by atoms with Crippen molar-refractivity contribution in [2.24, 2.45) is 0 Å². The summed E-state index contributed by atoms with van der Waals surface area (Å²) in [5.41, 5.74) is 3.15. The summed E-state index contributed by atoms with van der Waals surface area (Å²) in [5.74, 6) is 1.51. The lowest BCUT2D eigenvalue weighted by atomic mass is 9.80. The fourth-order valence-electron chi connectivity index (χ4n) is 4.63. The van der Waals surface area contributed by atoms with E-state index in [4.69, 9.17) is 9.72 Å². The van der Waals surface area contributed by atoms with E-state index in [0.717, 1.165) is 40.8 Å². The SMILES string of the molecule is COc1ccc2c(-c3ccnc(NC4CC(C)(C)NC(C)(C)C4)n3)c[nH]c2c1. The summed E-state index contributed by atoms with van der Waals surface area (Å²) < 4.78 is 5.31. The molecule has 1 aliphatic rings. The zero-order valence-electron chi connectivity index (χ0n) is 17.3. The first-order chi connectivity index (χ1) is 13.2. The van der Waals surface area contributed by atoms with Crippen LogP contribution in [0.4, 0.5) is 5.95 Å². The highest BCUT2D eigenvalue weighted by molar-refractivity contribution is 5.95. The van der Waals surface area contributed by atoms with Gasteiger partial charge in [-0.3, -0.25) is 0 Å². The molecule has 0 aliphatic carbocycles. The Balaban J connectivity index is 1.60. The molecule has 1 fully saturated rings. The normalized spacial score (nSPS) is 18.9. The van der Waals surface area contributed by atoms with Gasteiger partial charge in [-0.2, -0.15) is 0 Å². The molecule has 1 aliphatic heterocycles. The van der Waals surface area contributed by atoms with Crippen LogP contribution in [0, 0.1) is 0 Å². The Bertz CT molecular complexity index is 976. The molecule has 0 radical (unpaired) electrons. The summed E-state index contributed by atoms with van der Waals surface area (Å²) in [5, 5.41) is 8.40. The van der Waals surface area contributed by atoms with E-state index in [1.165, 1.54) is 0 Å². The maximum absolute atomic E-state index is 5.31. The highest BCUT2D eigenvalue weighted by Gasteiger charge is 2.37. The maximum Gasteiger partial charge on any atom is 0.223 e. The van der Waals surface area contributed by atoms with Crippen LogP contribution in [-0.2, 0) is 0 Å². The number of hydrogen-bond acceptors (Lipinski definition) is 5. The number of fused-ring (bicyclic) bond motifs is 1. The van der Waals surface area contributed by atoms with E-state index in [1.54, 1.807) is 7.11 Å². The van der Waals surface area contributed by atoms with Gasteiger partial charge in [0.2, 0.25) is 5.95 Å². The van der Waals surface area contributed by atoms with Crippen LogP contribution in [-0.4, -0.2) is 39.2 Å². The first kappa shape index (κ1) is 18.7. The van der Waals surface area contributed by atoms with E-state index in [9.17, 15) is 0 Å². The summed E-state index contributed by atoms with van der Waals surface area (Å²) in [6, 6.07) is 8.31. The van der Waals surface area contributed by atoms with Gasteiger partial charge in [0.15, 0.2) is 0 Å². The van der Waals surface area contributed by atoms with Crippen molar-refractivity contribution in [3.05, 3.63) is 36.7 Å². The Morgan fingerprint density at radius 3 is 2.57 bits per heavy atom. The van der Waals surface area contributed by atoms with Crippen LogP contribution in [0.5, 0.6) is 5.75 Å². The molecular formula is C22H29N5O. The summed E-state index contributed by atoms with van der Waals surface area (Å²) in [7, 11) is 1.68. The lowest BCUT2D eigenvalue weighted by molar-refractivity contribution is 0.170. The van der Waals surface area contributed by atoms with Gasteiger partial charge in [-0.1, -0.05) is 0 Å². The molecule has 6 heteroatoms. The number of ether oxygens (including phenoxy) is 1. The van der Waals surface area contributed by atoms with Crippen LogP contribution >= 0.6 is 0 Å². The van der Waals surface area contributed by atoms with Crippen LogP contribution in [0.15, 0.2) is 36.7 Å². The highest BCUT2D eigenvalue weighted by atomic mass is 16.5. The van der Waals surface area contributed by atoms with E-state index in [0.29, 0.717) is 12.0 Å². The van der Waals surface area contributed by atoms with E-state index < -0.39 is 0 Å². The average molecular weight is 380 g/mol. The number of aromatic amines is 1. The van der Waals surface area contributed by atoms with Gasteiger partial charge >= 0.3 is 0 Å². The molecule has 1 saturated heterocycles. The van der Waals surface area contributed by atoms with Crippen LogP contribution in [0.2, 0.25) is 0 Å². The third-order valence-corrected chi connectivity index (χ3v) is 5.34. The molecule has 148 valence electrons. The Hall–Kier alpha value is -2.60. The Kier molecular flexibility index (Phi) is 4.54. The average Bonchev–Trinajstić information content (AvgIpc) is 3.02. The molecule has 0 unspecified atom stereocenters. The van der Waals surface area contributed by atoms with Crippen LogP contribution in [0.1, 0.15) is 40.5 Å². The Labute approximate surface area is 166 Å². The van der Waals surface area contributed by atoms with Gasteiger partial charge in [0.05, 0.1) is 12.8 Å². The second-order valence-electron chi connectivity index (χ2n) is 9.02. The lowest BCUT2D eigenvalue weighted by Crippen LogP contribution is -2.60. The van der Waals surface area contributed by atoms with Crippen LogP contribution in [0.3, 0.4) is 0 Å². The van der Waals surface area contributed by atoms with E-state index in [2.05, 4.69) is 54.4 Å². The van der Waals surface area contributed by atoms with Crippen LogP contribution in [0.25, 0.3) is 22.2 Å². The van der Waals surface area contributed by atoms with Gasteiger partial charge in [-0.05, 0) is 58.7 Å². The molecule has 6 nitrogen and oxygen atoms in total. The van der Waals surface area contributed by atoms with Crippen molar-refractivity contribution < 1.29 is 4.74 Å². The maximum atomic E-state index is 5.31. The number of benzene rings is 1. The van der Waals surface area contributed by atoms with Gasteiger partial charge in [-0.25, -0.2) is 9.97 Å². The van der Waals surface area contributed by atoms with Crippen molar-refractivity contribution in [3.63, 3.8) is 0 Å². The largest absolute Gasteiger partial charge is 0.497 e. The molecular weight excluding hydrogens is 350 g/mol. The summed E-state index contributed by atoms with van der Waals surface area (Å²) in [4.78, 5) is 12.6. The standard InChI is InChI=1S/C22H29N5O/c1-21(2)11-14(12-22(3,4)27-21)25-20-23-9-8-18(26-20)17-13-24-19-10-15(28-5)6-7-16(17)19/h6-10,13-14,24,27H,11-12H2,1-5H3,(H,23,25,26). The quantitative estimate of drug-likeness (QED) is 0.628. The van der Waals surface area contributed by atoms with Gasteiger partial charge in [0.1, 0.15) is 5.75 Å². The van der Waals surface area contributed by atoms with Crippen molar-refractivity contribution in [3.8, 4) is 17.0 Å². The molecule has 0 atom stereocenters. The number of hydrogen-bond donors (Lipinski definition) is 3. The molecule has 0 amide bonds. The second-order valence-corrected chi connectivity index (χ2v) is 9.02. The molecule has 0 spiro atoms. The van der Waals surface area contributed by atoms with E-state index in [-0.39, 0.29) is 11.1 Å². The van der Waals surface area contributed by atoms with Crippen molar-refractivity contribution >= 4 is 16.9 Å². The van der Waals surface area contributed by atoms with Gasteiger partial charge in [-0.15, -0.1) is 0 Å². The first-order valence-electron chi connectivity index (χ1n) is 9.79. The lowest BCUT2D eigenvalue weighted by Gasteiger charge is -2.46. The second kappa shape index (κ2) is 6.78. The molecule has 3 aromatic rings. The number of methoxy groups -OCH3 is 1. The van der Waals surface area contributed by atoms with Crippen molar-refractivity contribution in [2.75, 3.05) is 12.4 Å². The third-order valence-electron chi connectivity index (χ3n) is 5.34. The molecule has 3 N–H and O–H groups in total. The van der Waals surface area contributed by atoms with Crippen molar-refractivity contribution in [1.82, 2.24) is 20.3 Å². The smallest absolute Gasteiger partial charge is 0.223 e. The first-order valence-corrected chi connectivity index (χ1v) is 9.79. The van der Waals surface area contributed by atoms with Crippen molar-refractivity contribution in [2.45, 2.75) is 57.7 Å². The van der Waals surface area contributed by atoms with Crippen molar-refractivity contribution in [1.29, 1.82) is 0 Å². The molecule has 4 rings (SSSR count). The molecule has 0 saturated carbocycles. The van der Waals surface area contributed by atoms with Gasteiger partial charge in [0, 0.05) is 52.0 Å². The molecule has 28 heavy (non-hydrogen) atoms. The van der Waals surface area contributed by atoms with E-state index >= 15 is 0 Å². The van der Waals surface area contributed by atoms with Crippen LogP contribution < -0.4 is 15.4 Å². The fourth-order valence-corrected chi connectivity index (χ4v) is 4.63. The predicted octanol–water partition coefficient (Wildman–Crippen LogP) is 4.35. The minimum Gasteiger partial charge on any atom is -0.497 e. The zero-order chi connectivity index (χ0) is 19.9. The minimum atomic E-state index is 0.0763. The number of aromatic nitrogens is 3. The number of nitrogens with one attached hydrogen (secondary N) is 3. The van der Waals surface area contributed by atoms with E-state index in [1.807, 2.05) is 30.6 Å². The minimum absolute atomic E-state index is 0.0763. The molecule has 0 bridgehead atoms. The van der Waals surface area contributed by atoms with Gasteiger partial charge in [0.25, 0.3) is 0 Å². The molecule has 1 aromatic carbocycles. The Morgan fingerprint density at radius 2 is 1.86 bits per heavy atom. The monoisotopic (exact) mass is 379 g/mol. The number of piperidine rings is 1. The number of nitrogens with zero attached hydrogens (tertiary/aromatic N) is 2. The number of rotatable bonds is 4. The van der Waals surface area contributed by atoms with Gasteiger partial charge < -0.3 is 20.4 Å². The highest BCUT2D eigenvalue weighted by Crippen LogP contribution is 2.32. The summed E-state index contributed by atoms with van der Waals surface area (Å²) >= 11 is 0. The third kappa shape index (κ3) is 3.83. The number of anilines is 1.